The van der Waals surface area contributed by atoms with Crippen molar-refractivity contribution >= 4 is 82.7 Å². The highest BCUT2D eigenvalue weighted by atomic mass is 15.0. The van der Waals surface area contributed by atoms with Crippen LogP contribution in [-0.2, 0) is 0 Å². The van der Waals surface area contributed by atoms with E-state index in [4.69, 9.17) is 4.98 Å². The van der Waals surface area contributed by atoms with Crippen molar-refractivity contribution in [1.82, 2.24) is 9.38 Å². The topological polar surface area (TPSA) is 17.3 Å². The number of para-hydroxylation sites is 2. The fraction of sp³-hybridized carbons (Fsp3) is 0. The highest BCUT2D eigenvalue weighted by molar-refractivity contribution is 6.34. The van der Waals surface area contributed by atoms with Crippen LogP contribution in [0.15, 0.2) is 147 Å². The summed E-state index contributed by atoms with van der Waals surface area (Å²) < 4.78 is 2.21. The van der Waals surface area contributed by atoms with Crippen LogP contribution in [0.25, 0.3) is 105 Å². The van der Waals surface area contributed by atoms with Crippen LogP contribution in [0.2, 0.25) is 0 Å². The maximum atomic E-state index is 5.08. The average molecular weight is 597 g/mol. The largest absolute Gasteiger partial charge is 0.292 e. The zero-order valence-corrected chi connectivity index (χ0v) is 25.7. The summed E-state index contributed by atoms with van der Waals surface area (Å²) in [6, 6.07) is 48.7. The van der Waals surface area contributed by atoms with E-state index in [0.29, 0.717) is 0 Å². The first-order valence-electron chi connectivity index (χ1n) is 16.0. The summed E-state index contributed by atoms with van der Waals surface area (Å²) in [5.74, 6) is 0. The maximum absolute atomic E-state index is 5.08. The van der Waals surface area contributed by atoms with Crippen LogP contribution in [0.4, 0.5) is 0 Å². The third-order valence-electron chi connectivity index (χ3n) is 10.1. The van der Waals surface area contributed by atoms with E-state index in [1.807, 2.05) is 18.2 Å². The standard InChI is InChI=1S/C45H28N2/c1-3-31-33-23-22-30(26-39(33)45-46-40-16-5-6-17-42(40)47(45)41(31)4-2)27-18-20-28(21-19-27)32-24-25-38-36-13-8-11-29-10-7-12-35(43(29)36)37-15-9-14-34(32)44(37)38/h3-26H,1-2H2. The van der Waals surface area contributed by atoms with Gasteiger partial charge in [-0.2, -0.15) is 0 Å². The lowest BCUT2D eigenvalue weighted by atomic mass is 9.87. The van der Waals surface area contributed by atoms with Gasteiger partial charge in [0.25, 0.3) is 0 Å². The molecule has 10 aromatic rings. The summed E-state index contributed by atoms with van der Waals surface area (Å²) in [6.07, 6.45) is 3.84. The molecule has 0 amide bonds. The Morgan fingerprint density at radius 2 is 1.13 bits per heavy atom. The number of fused-ring (bicyclic) bond motifs is 7. The van der Waals surface area contributed by atoms with E-state index in [1.54, 1.807) is 0 Å². The highest BCUT2D eigenvalue weighted by Crippen LogP contribution is 2.43. The van der Waals surface area contributed by atoms with Gasteiger partial charge in [0.15, 0.2) is 0 Å². The number of aromatic nitrogens is 2. The third-order valence-corrected chi connectivity index (χ3v) is 10.1. The number of hydrogen-bond acceptors (Lipinski definition) is 1. The van der Waals surface area contributed by atoms with Crippen molar-refractivity contribution < 1.29 is 0 Å². The smallest absolute Gasteiger partial charge is 0.146 e. The molecule has 0 spiro atoms. The molecule has 47 heavy (non-hydrogen) atoms. The van der Waals surface area contributed by atoms with Gasteiger partial charge in [0.2, 0.25) is 0 Å². The fourth-order valence-corrected chi connectivity index (χ4v) is 8.01. The molecule has 8 aromatic carbocycles. The lowest BCUT2D eigenvalue weighted by Gasteiger charge is -2.16. The molecule has 2 aromatic heterocycles. The summed E-state index contributed by atoms with van der Waals surface area (Å²) in [7, 11) is 0. The summed E-state index contributed by atoms with van der Waals surface area (Å²) in [5, 5.41) is 12.8. The van der Waals surface area contributed by atoms with E-state index < -0.39 is 0 Å². The molecular weight excluding hydrogens is 569 g/mol. The van der Waals surface area contributed by atoms with Gasteiger partial charge < -0.3 is 0 Å². The van der Waals surface area contributed by atoms with Gasteiger partial charge >= 0.3 is 0 Å². The molecule has 2 heteroatoms. The number of nitrogens with zero attached hydrogens (tertiary/aromatic N) is 2. The van der Waals surface area contributed by atoms with Gasteiger partial charge in [0.05, 0.1) is 16.7 Å². The summed E-state index contributed by atoms with van der Waals surface area (Å²) in [6.45, 7) is 8.30. The van der Waals surface area contributed by atoms with Crippen molar-refractivity contribution in [3.63, 3.8) is 0 Å². The molecule has 0 saturated carbocycles. The van der Waals surface area contributed by atoms with Crippen LogP contribution >= 0.6 is 0 Å². The zero-order valence-electron chi connectivity index (χ0n) is 25.7. The first kappa shape index (κ1) is 26.0. The second kappa shape index (κ2) is 9.62. The Bertz CT molecular complexity index is 2870. The Morgan fingerprint density at radius 3 is 1.89 bits per heavy atom. The molecule has 0 saturated heterocycles. The first-order chi connectivity index (χ1) is 23.2. The predicted octanol–water partition coefficient (Wildman–Crippen LogP) is 12.3. The van der Waals surface area contributed by atoms with Crippen LogP contribution in [0.5, 0.6) is 0 Å². The molecule has 0 unspecified atom stereocenters. The van der Waals surface area contributed by atoms with Gasteiger partial charge in [-0.1, -0.05) is 134 Å². The zero-order chi connectivity index (χ0) is 31.2. The Morgan fingerprint density at radius 1 is 0.489 bits per heavy atom. The quantitative estimate of drug-likeness (QED) is 0.146. The van der Waals surface area contributed by atoms with E-state index >= 15 is 0 Å². The van der Waals surface area contributed by atoms with E-state index in [9.17, 15) is 0 Å². The van der Waals surface area contributed by atoms with Crippen LogP contribution in [0, 0.1) is 0 Å². The predicted molar refractivity (Wildman–Crippen MR) is 202 cm³/mol. The number of rotatable bonds is 4. The van der Waals surface area contributed by atoms with Crippen LogP contribution < -0.4 is 0 Å². The molecular formula is C45H28N2. The maximum Gasteiger partial charge on any atom is 0.146 e. The van der Waals surface area contributed by atoms with Crippen molar-refractivity contribution in [3.05, 3.63) is 158 Å². The molecule has 0 fully saturated rings. The molecule has 0 bridgehead atoms. The normalized spacial score (nSPS) is 12.0. The molecule has 0 N–H and O–H groups in total. The van der Waals surface area contributed by atoms with Gasteiger partial charge in [-0.15, -0.1) is 0 Å². The van der Waals surface area contributed by atoms with Gasteiger partial charge in [-0.3, -0.25) is 4.40 Å². The second-order valence-corrected chi connectivity index (χ2v) is 12.4. The van der Waals surface area contributed by atoms with Crippen LogP contribution in [0.1, 0.15) is 11.3 Å². The number of hydrogen-bond donors (Lipinski definition) is 0. The SMILES string of the molecule is C=Cc1c(C=C)n2c3ccccc3nc2c2cc(-c3ccc(-c4ccc5c6cccc7cccc(c8cccc4c85)c76)cc3)ccc12. The third kappa shape index (κ3) is 3.53. The minimum atomic E-state index is 0.932. The molecule has 2 heterocycles. The Balaban J connectivity index is 1.14. The highest BCUT2D eigenvalue weighted by Gasteiger charge is 2.17. The van der Waals surface area contributed by atoms with Gasteiger partial charge in [-0.25, -0.2) is 4.98 Å². The molecule has 218 valence electrons. The van der Waals surface area contributed by atoms with E-state index in [-0.39, 0.29) is 0 Å². The minimum absolute atomic E-state index is 0.932. The van der Waals surface area contributed by atoms with Crippen molar-refractivity contribution in [2.45, 2.75) is 0 Å². The van der Waals surface area contributed by atoms with Crippen LogP contribution in [-0.4, -0.2) is 9.38 Å². The lowest BCUT2D eigenvalue weighted by molar-refractivity contribution is 1.21. The Kier molecular flexibility index (Phi) is 5.33. The molecule has 0 aliphatic heterocycles. The summed E-state index contributed by atoms with van der Waals surface area (Å²) in [5.41, 5.74) is 9.82. The summed E-state index contributed by atoms with van der Waals surface area (Å²) >= 11 is 0. The molecule has 0 aliphatic carbocycles. The van der Waals surface area contributed by atoms with E-state index in [1.165, 1.54) is 59.8 Å². The van der Waals surface area contributed by atoms with Crippen molar-refractivity contribution in [1.29, 1.82) is 0 Å². The van der Waals surface area contributed by atoms with Gasteiger partial charge in [0.1, 0.15) is 5.65 Å². The van der Waals surface area contributed by atoms with Crippen molar-refractivity contribution in [3.8, 4) is 22.3 Å². The first-order valence-corrected chi connectivity index (χ1v) is 16.0. The Hall–Kier alpha value is -6.25. The minimum Gasteiger partial charge on any atom is -0.292 e. The molecule has 10 rings (SSSR count). The average Bonchev–Trinajstić information content (AvgIpc) is 3.53. The van der Waals surface area contributed by atoms with Crippen molar-refractivity contribution in [2.24, 2.45) is 0 Å². The van der Waals surface area contributed by atoms with Crippen LogP contribution in [0.3, 0.4) is 0 Å². The van der Waals surface area contributed by atoms with Gasteiger partial charge in [-0.05, 0) is 95.0 Å². The van der Waals surface area contributed by atoms with E-state index in [0.717, 1.165) is 44.3 Å². The monoisotopic (exact) mass is 596 g/mol. The number of pyridine rings is 1. The Labute approximate surface area is 271 Å². The molecule has 2 nitrogen and oxygen atoms in total. The van der Waals surface area contributed by atoms with Gasteiger partial charge in [0, 0.05) is 10.9 Å². The lowest BCUT2D eigenvalue weighted by Crippen LogP contribution is -1.97. The number of benzene rings is 8. The number of imidazole rings is 1. The summed E-state index contributed by atoms with van der Waals surface area (Å²) in [4.78, 5) is 5.08. The fourth-order valence-electron chi connectivity index (χ4n) is 8.01. The molecule has 0 atom stereocenters. The van der Waals surface area contributed by atoms with E-state index in [2.05, 4.69) is 145 Å². The molecule has 0 radical (unpaired) electrons. The molecule has 0 aliphatic rings. The second-order valence-electron chi connectivity index (χ2n) is 12.4. The van der Waals surface area contributed by atoms with Crippen molar-refractivity contribution in [2.75, 3.05) is 0 Å².